The van der Waals surface area contributed by atoms with Gasteiger partial charge >= 0.3 is 0 Å². The minimum Gasteiger partial charge on any atom is -0.374 e. The van der Waals surface area contributed by atoms with E-state index in [4.69, 9.17) is 10.5 Å². The number of ether oxygens (including phenoxy) is 1. The number of nitrogens with two attached hydrogens (primary N) is 1. The van der Waals surface area contributed by atoms with Crippen LogP contribution in [0.5, 0.6) is 0 Å². The highest BCUT2D eigenvalue weighted by molar-refractivity contribution is 5.78. The maximum Gasteiger partial charge on any atom is 0.223 e. The average molecular weight is 183 g/mol. The van der Waals surface area contributed by atoms with Crippen molar-refractivity contribution in [2.75, 3.05) is 6.61 Å². The van der Waals surface area contributed by atoms with E-state index in [1.54, 1.807) is 0 Å². The molecule has 3 heteroatoms. The first-order chi connectivity index (χ1) is 6.25. The topological polar surface area (TPSA) is 52.3 Å². The predicted octanol–water partition coefficient (Wildman–Crippen LogP) is 1.21. The fourth-order valence-corrected chi connectivity index (χ4v) is 2.80. The van der Waals surface area contributed by atoms with Crippen LogP contribution in [0.3, 0.4) is 0 Å². The molecule has 0 aromatic rings. The number of carbonyl (C=O) groups is 1. The summed E-state index contributed by atoms with van der Waals surface area (Å²) in [4.78, 5) is 11.3. The van der Waals surface area contributed by atoms with Gasteiger partial charge in [-0.1, -0.05) is 12.8 Å². The van der Waals surface area contributed by atoms with Crippen LogP contribution in [-0.4, -0.2) is 18.1 Å². The summed E-state index contributed by atoms with van der Waals surface area (Å²) in [5, 5.41) is 0. The second kappa shape index (κ2) is 3.29. The van der Waals surface area contributed by atoms with Crippen molar-refractivity contribution in [1.29, 1.82) is 0 Å². The third-order valence-electron chi connectivity index (χ3n) is 3.46. The SMILES string of the molecule is NC(=O)C1CCCCC12CCCO2. The Kier molecular flexibility index (Phi) is 2.28. The smallest absolute Gasteiger partial charge is 0.223 e. The van der Waals surface area contributed by atoms with Gasteiger partial charge < -0.3 is 10.5 Å². The highest BCUT2D eigenvalue weighted by atomic mass is 16.5. The van der Waals surface area contributed by atoms with Crippen LogP contribution in [-0.2, 0) is 9.53 Å². The molecule has 13 heavy (non-hydrogen) atoms. The summed E-state index contributed by atoms with van der Waals surface area (Å²) in [7, 11) is 0. The molecular weight excluding hydrogens is 166 g/mol. The Bertz CT molecular complexity index is 209. The van der Waals surface area contributed by atoms with Gasteiger partial charge in [-0.3, -0.25) is 4.79 Å². The molecule has 1 spiro atoms. The lowest BCUT2D eigenvalue weighted by molar-refractivity contribution is -0.137. The molecule has 2 rings (SSSR count). The molecule has 1 heterocycles. The molecule has 2 unspecified atom stereocenters. The lowest BCUT2D eigenvalue weighted by atomic mass is 9.73. The largest absolute Gasteiger partial charge is 0.374 e. The van der Waals surface area contributed by atoms with Gasteiger partial charge in [-0.05, 0) is 25.7 Å². The van der Waals surface area contributed by atoms with Gasteiger partial charge in [-0.25, -0.2) is 0 Å². The Morgan fingerprint density at radius 1 is 1.31 bits per heavy atom. The first kappa shape index (κ1) is 9.00. The van der Waals surface area contributed by atoms with Gasteiger partial charge in [-0.15, -0.1) is 0 Å². The number of rotatable bonds is 1. The number of hydrogen-bond donors (Lipinski definition) is 1. The minimum absolute atomic E-state index is 0.0243. The highest BCUT2D eigenvalue weighted by Crippen LogP contribution is 2.43. The third kappa shape index (κ3) is 1.46. The number of amides is 1. The fraction of sp³-hybridized carbons (Fsp3) is 0.900. The van der Waals surface area contributed by atoms with Gasteiger partial charge in [0.05, 0.1) is 11.5 Å². The summed E-state index contributed by atoms with van der Waals surface area (Å²) in [6.07, 6.45) is 6.38. The Labute approximate surface area is 78.6 Å². The van der Waals surface area contributed by atoms with Crippen LogP contribution >= 0.6 is 0 Å². The molecule has 0 aromatic heterocycles. The zero-order chi connectivity index (χ0) is 9.31. The van der Waals surface area contributed by atoms with Crippen molar-refractivity contribution in [1.82, 2.24) is 0 Å². The second-order valence-electron chi connectivity index (χ2n) is 4.22. The molecule has 1 saturated carbocycles. The molecule has 2 atom stereocenters. The Hall–Kier alpha value is -0.570. The minimum atomic E-state index is -0.165. The quantitative estimate of drug-likeness (QED) is 0.664. The highest BCUT2D eigenvalue weighted by Gasteiger charge is 2.46. The van der Waals surface area contributed by atoms with E-state index in [0.29, 0.717) is 0 Å². The van der Waals surface area contributed by atoms with Gasteiger partial charge in [-0.2, -0.15) is 0 Å². The van der Waals surface area contributed by atoms with Crippen LogP contribution in [0.2, 0.25) is 0 Å². The normalized spacial score (nSPS) is 39.5. The molecule has 1 aliphatic carbocycles. The van der Waals surface area contributed by atoms with Crippen molar-refractivity contribution < 1.29 is 9.53 Å². The van der Waals surface area contributed by atoms with E-state index in [0.717, 1.165) is 38.7 Å². The Morgan fingerprint density at radius 2 is 2.08 bits per heavy atom. The van der Waals surface area contributed by atoms with Crippen LogP contribution in [0.25, 0.3) is 0 Å². The molecule has 2 aliphatic rings. The predicted molar refractivity (Wildman–Crippen MR) is 49.1 cm³/mol. The van der Waals surface area contributed by atoms with E-state index in [-0.39, 0.29) is 17.4 Å². The third-order valence-corrected chi connectivity index (χ3v) is 3.46. The van der Waals surface area contributed by atoms with Crippen LogP contribution in [0, 0.1) is 5.92 Å². The van der Waals surface area contributed by atoms with Gasteiger partial charge in [0.15, 0.2) is 0 Å². The number of hydrogen-bond acceptors (Lipinski definition) is 2. The molecule has 0 radical (unpaired) electrons. The molecule has 74 valence electrons. The van der Waals surface area contributed by atoms with Crippen molar-refractivity contribution >= 4 is 5.91 Å². The fourth-order valence-electron chi connectivity index (χ4n) is 2.80. The van der Waals surface area contributed by atoms with E-state index < -0.39 is 0 Å². The summed E-state index contributed by atoms with van der Waals surface area (Å²) in [5.74, 6) is -0.189. The molecule has 3 nitrogen and oxygen atoms in total. The maximum absolute atomic E-state index is 11.3. The van der Waals surface area contributed by atoms with Crippen LogP contribution in [0.1, 0.15) is 38.5 Å². The van der Waals surface area contributed by atoms with Crippen molar-refractivity contribution in [3.63, 3.8) is 0 Å². The molecule has 0 aromatic carbocycles. The molecule has 1 amide bonds. The lowest BCUT2D eigenvalue weighted by Crippen LogP contribution is -2.46. The zero-order valence-corrected chi connectivity index (χ0v) is 7.92. The molecule has 2 fully saturated rings. The first-order valence-corrected chi connectivity index (χ1v) is 5.18. The number of carbonyl (C=O) groups excluding carboxylic acids is 1. The van der Waals surface area contributed by atoms with Gasteiger partial charge in [0, 0.05) is 6.61 Å². The molecular formula is C10H17NO2. The van der Waals surface area contributed by atoms with Crippen LogP contribution in [0.15, 0.2) is 0 Å². The molecule has 2 N–H and O–H groups in total. The van der Waals surface area contributed by atoms with E-state index in [1.807, 2.05) is 0 Å². The van der Waals surface area contributed by atoms with E-state index >= 15 is 0 Å². The first-order valence-electron chi connectivity index (χ1n) is 5.18. The zero-order valence-electron chi connectivity index (χ0n) is 7.92. The van der Waals surface area contributed by atoms with Crippen LogP contribution in [0.4, 0.5) is 0 Å². The Balaban J connectivity index is 2.16. The van der Waals surface area contributed by atoms with E-state index in [9.17, 15) is 4.79 Å². The molecule has 1 aliphatic heterocycles. The standard InChI is InChI=1S/C10H17NO2/c11-9(12)8-4-1-2-5-10(8)6-3-7-13-10/h8H,1-7H2,(H2,11,12). The Morgan fingerprint density at radius 3 is 2.69 bits per heavy atom. The summed E-state index contributed by atoms with van der Waals surface area (Å²) in [6.45, 7) is 0.809. The summed E-state index contributed by atoms with van der Waals surface area (Å²) < 4.78 is 5.75. The monoisotopic (exact) mass is 183 g/mol. The summed E-state index contributed by atoms with van der Waals surface area (Å²) >= 11 is 0. The van der Waals surface area contributed by atoms with Crippen molar-refractivity contribution in [3.8, 4) is 0 Å². The summed E-state index contributed by atoms with van der Waals surface area (Å²) in [5.41, 5.74) is 5.24. The second-order valence-corrected chi connectivity index (χ2v) is 4.22. The van der Waals surface area contributed by atoms with Crippen molar-refractivity contribution in [2.24, 2.45) is 11.7 Å². The number of primary amides is 1. The lowest BCUT2D eigenvalue weighted by Gasteiger charge is -2.38. The average Bonchev–Trinajstić information content (AvgIpc) is 2.54. The van der Waals surface area contributed by atoms with Crippen molar-refractivity contribution in [2.45, 2.75) is 44.1 Å². The maximum atomic E-state index is 11.3. The van der Waals surface area contributed by atoms with Gasteiger partial charge in [0.25, 0.3) is 0 Å². The molecule has 0 bridgehead atoms. The molecule has 1 saturated heterocycles. The van der Waals surface area contributed by atoms with E-state index in [2.05, 4.69) is 0 Å². The summed E-state index contributed by atoms with van der Waals surface area (Å²) in [6, 6.07) is 0. The van der Waals surface area contributed by atoms with Gasteiger partial charge in [0.1, 0.15) is 0 Å². The van der Waals surface area contributed by atoms with E-state index in [1.165, 1.54) is 6.42 Å². The van der Waals surface area contributed by atoms with Gasteiger partial charge in [0.2, 0.25) is 5.91 Å². The van der Waals surface area contributed by atoms with Crippen LogP contribution < -0.4 is 5.73 Å². The van der Waals surface area contributed by atoms with Crippen molar-refractivity contribution in [3.05, 3.63) is 0 Å².